The highest BCUT2D eigenvalue weighted by atomic mass is 19.1. The molecule has 2 heterocycles. The van der Waals surface area contributed by atoms with E-state index in [4.69, 9.17) is 0 Å². The van der Waals surface area contributed by atoms with Crippen molar-refractivity contribution in [2.75, 3.05) is 0 Å². The molecule has 4 heteroatoms. The summed E-state index contributed by atoms with van der Waals surface area (Å²) < 4.78 is 15.1. The molecule has 3 aromatic rings. The Morgan fingerprint density at radius 2 is 1.84 bits per heavy atom. The van der Waals surface area contributed by atoms with Crippen LogP contribution in [0.4, 0.5) is 4.39 Å². The van der Waals surface area contributed by atoms with E-state index in [1.807, 2.05) is 31.2 Å². The van der Waals surface area contributed by atoms with E-state index in [9.17, 15) is 4.39 Å². The van der Waals surface area contributed by atoms with Crippen molar-refractivity contribution in [3.8, 4) is 16.9 Å². The average Bonchev–Trinajstić information content (AvgIpc) is 2.82. The zero-order valence-electron chi connectivity index (χ0n) is 10.4. The van der Waals surface area contributed by atoms with Gasteiger partial charge in [-0.3, -0.25) is 4.98 Å². The molecule has 19 heavy (non-hydrogen) atoms. The number of halogens is 1. The number of hydrogen-bond donors (Lipinski definition) is 0. The predicted molar refractivity (Wildman–Crippen MR) is 71.5 cm³/mol. The Kier molecular flexibility index (Phi) is 2.83. The number of aryl methyl sites for hydroxylation is 1. The van der Waals surface area contributed by atoms with Gasteiger partial charge in [-0.1, -0.05) is 6.07 Å². The number of pyridine rings is 1. The molecule has 0 aliphatic carbocycles. The largest absolute Gasteiger partial charge is 0.265 e. The summed E-state index contributed by atoms with van der Waals surface area (Å²) in [5.41, 5.74) is 3.52. The maximum absolute atomic E-state index is 13.3. The first-order valence-corrected chi connectivity index (χ1v) is 5.97. The summed E-state index contributed by atoms with van der Waals surface area (Å²) in [5, 5.41) is 4.43. The normalized spacial score (nSPS) is 10.6. The minimum Gasteiger partial charge on any atom is -0.265 e. The lowest BCUT2D eigenvalue weighted by Gasteiger charge is -2.07. The van der Waals surface area contributed by atoms with Crippen LogP contribution in [-0.4, -0.2) is 14.8 Å². The van der Waals surface area contributed by atoms with E-state index in [1.165, 1.54) is 12.1 Å². The monoisotopic (exact) mass is 253 g/mol. The van der Waals surface area contributed by atoms with Crippen LogP contribution < -0.4 is 0 Å². The van der Waals surface area contributed by atoms with Crippen LogP contribution in [0.2, 0.25) is 0 Å². The molecule has 94 valence electrons. The number of nitrogens with zero attached hydrogens (tertiary/aromatic N) is 3. The SMILES string of the molecule is Cc1cc(-c2ccncc2)n(-c2cccc(F)c2)n1. The summed E-state index contributed by atoms with van der Waals surface area (Å²) in [6, 6.07) is 12.2. The van der Waals surface area contributed by atoms with Gasteiger partial charge in [-0.15, -0.1) is 0 Å². The molecule has 3 nitrogen and oxygen atoms in total. The van der Waals surface area contributed by atoms with E-state index in [1.54, 1.807) is 23.1 Å². The van der Waals surface area contributed by atoms with Gasteiger partial charge < -0.3 is 0 Å². The molecule has 0 spiro atoms. The molecular weight excluding hydrogens is 241 g/mol. The fraction of sp³-hybridized carbons (Fsp3) is 0.0667. The van der Waals surface area contributed by atoms with Crippen molar-refractivity contribution in [3.63, 3.8) is 0 Å². The van der Waals surface area contributed by atoms with Crippen LogP contribution in [0.25, 0.3) is 16.9 Å². The van der Waals surface area contributed by atoms with E-state index < -0.39 is 0 Å². The maximum Gasteiger partial charge on any atom is 0.125 e. The Bertz CT molecular complexity index is 704. The van der Waals surface area contributed by atoms with Crippen LogP contribution in [0.15, 0.2) is 54.9 Å². The number of hydrogen-bond acceptors (Lipinski definition) is 2. The van der Waals surface area contributed by atoms with E-state index >= 15 is 0 Å². The van der Waals surface area contributed by atoms with Gasteiger partial charge in [0.05, 0.1) is 17.1 Å². The minimum atomic E-state index is -0.272. The molecule has 1 aromatic carbocycles. The van der Waals surface area contributed by atoms with Crippen LogP contribution in [0, 0.1) is 12.7 Å². The van der Waals surface area contributed by atoms with Gasteiger partial charge >= 0.3 is 0 Å². The van der Waals surface area contributed by atoms with E-state index in [-0.39, 0.29) is 5.82 Å². The second kappa shape index (κ2) is 4.65. The summed E-state index contributed by atoms with van der Waals surface area (Å²) in [7, 11) is 0. The van der Waals surface area contributed by atoms with Crippen molar-refractivity contribution in [1.82, 2.24) is 14.8 Å². The van der Waals surface area contributed by atoms with Crippen molar-refractivity contribution in [2.45, 2.75) is 6.92 Å². The van der Waals surface area contributed by atoms with Crippen molar-refractivity contribution in [2.24, 2.45) is 0 Å². The maximum atomic E-state index is 13.3. The second-order valence-corrected chi connectivity index (χ2v) is 4.30. The molecule has 0 saturated carbocycles. The van der Waals surface area contributed by atoms with Crippen LogP contribution in [-0.2, 0) is 0 Å². The van der Waals surface area contributed by atoms with Gasteiger partial charge in [0.2, 0.25) is 0 Å². The molecule has 0 N–H and O–H groups in total. The van der Waals surface area contributed by atoms with Gasteiger partial charge in [0.25, 0.3) is 0 Å². The predicted octanol–water partition coefficient (Wildman–Crippen LogP) is 3.38. The smallest absolute Gasteiger partial charge is 0.125 e. The van der Waals surface area contributed by atoms with Gasteiger partial charge in [-0.25, -0.2) is 9.07 Å². The first-order chi connectivity index (χ1) is 9.24. The van der Waals surface area contributed by atoms with Gasteiger partial charge in [-0.05, 0) is 43.3 Å². The second-order valence-electron chi connectivity index (χ2n) is 4.30. The Morgan fingerprint density at radius 3 is 2.58 bits per heavy atom. The van der Waals surface area contributed by atoms with Crippen LogP contribution >= 0.6 is 0 Å². The molecule has 0 atom stereocenters. The Labute approximate surface area is 110 Å². The van der Waals surface area contributed by atoms with Crippen molar-refractivity contribution in [3.05, 3.63) is 66.4 Å². The minimum absolute atomic E-state index is 0.272. The quantitative estimate of drug-likeness (QED) is 0.701. The molecule has 0 fully saturated rings. The van der Waals surface area contributed by atoms with Gasteiger partial charge in [0.1, 0.15) is 5.82 Å². The Morgan fingerprint density at radius 1 is 1.05 bits per heavy atom. The van der Waals surface area contributed by atoms with Gasteiger partial charge in [0, 0.05) is 18.0 Å². The number of benzene rings is 1. The number of rotatable bonds is 2. The van der Waals surface area contributed by atoms with Crippen LogP contribution in [0.1, 0.15) is 5.69 Å². The number of aromatic nitrogens is 3. The zero-order chi connectivity index (χ0) is 13.2. The first kappa shape index (κ1) is 11.6. The molecule has 0 aliphatic heterocycles. The molecule has 3 rings (SSSR count). The standard InChI is InChI=1S/C15H12FN3/c1-11-9-15(12-5-7-17-8-6-12)19(18-11)14-4-2-3-13(16)10-14/h2-10H,1H3. The summed E-state index contributed by atoms with van der Waals surface area (Å²) in [6.45, 7) is 1.92. The molecule has 0 saturated heterocycles. The third-order valence-electron chi connectivity index (χ3n) is 2.86. The molecule has 0 unspecified atom stereocenters. The highest BCUT2D eigenvalue weighted by molar-refractivity contribution is 5.62. The van der Waals surface area contributed by atoms with Crippen LogP contribution in [0.3, 0.4) is 0 Å². The van der Waals surface area contributed by atoms with E-state index in [0.29, 0.717) is 5.69 Å². The molecular formula is C15H12FN3. The molecule has 0 aliphatic rings. The lowest BCUT2D eigenvalue weighted by Crippen LogP contribution is -1.99. The Balaban J connectivity index is 2.18. The average molecular weight is 253 g/mol. The zero-order valence-corrected chi connectivity index (χ0v) is 10.4. The third-order valence-corrected chi connectivity index (χ3v) is 2.86. The fourth-order valence-electron chi connectivity index (χ4n) is 2.03. The summed E-state index contributed by atoms with van der Waals surface area (Å²) in [4.78, 5) is 4.00. The van der Waals surface area contributed by atoms with Crippen LogP contribution in [0.5, 0.6) is 0 Å². The summed E-state index contributed by atoms with van der Waals surface area (Å²) in [5.74, 6) is -0.272. The molecule has 0 radical (unpaired) electrons. The molecule has 2 aromatic heterocycles. The summed E-state index contributed by atoms with van der Waals surface area (Å²) in [6.07, 6.45) is 3.46. The van der Waals surface area contributed by atoms with E-state index in [0.717, 1.165) is 17.0 Å². The van der Waals surface area contributed by atoms with Gasteiger partial charge in [-0.2, -0.15) is 5.10 Å². The first-order valence-electron chi connectivity index (χ1n) is 5.97. The highest BCUT2D eigenvalue weighted by Crippen LogP contribution is 2.23. The highest BCUT2D eigenvalue weighted by Gasteiger charge is 2.10. The Hall–Kier alpha value is -2.49. The third kappa shape index (κ3) is 2.25. The van der Waals surface area contributed by atoms with Gasteiger partial charge in [0.15, 0.2) is 0 Å². The van der Waals surface area contributed by atoms with Crippen molar-refractivity contribution < 1.29 is 4.39 Å². The van der Waals surface area contributed by atoms with Crippen molar-refractivity contribution >= 4 is 0 Å². The molecule has 0 amide bonds. The fourth-order valence-corrected chi connectivity index (χ4v) is 2.03. The molecule has 0 bridgehead atoms. The lowest BCUT2D eigenvalue weighted by atomic mass is 10.2. The van der Waals surface area contributed by atoms with E-state index in [2.05, 4.69) is 10.1 Å². The topological polar surface area (TPSA) is 30.7 Å². The van der Waals surface area contributed by atoms with Crippen molar-refractivity contribution in [1.29, 1.82) is 0 Å². The summed E-state index contributed by atoms with van der Waals surface area (Å²) >= 11 is 0. The lowest BCUT2D eigenvalue weighted by molar-refractivity contribution is 0.625.